The monoisotopic (exact) mass is 671 g/mol. The first-order valence-corrected chi connectivity index (χ1v) is 17.1. The second-order valence-electron chi connectivity index (χ2n) is 12.3. The fourth-order valence-corrected chi connectivity index (χ4v) is 8.14. The zero-order chi connectivity index (χ0) is 33.1. The average molecular weight is 672 g/mol. The van der Waals surface area contributed by atoms with Gasteiger partial charge in [0, 0.05) is 18.6 Å². The van der Waals surface area contributed by atoms with E-state index in [-0.39, 0.29) is 72.6 Å². The molecular weight excluding hydrogens is 629 g/mol. The number of aliphatic imine (C=N–C) groups is 1. The van der Waals surface area contributed by atoms with Crippen LogP contribution in [0.2, 0.25) is 0 Å². The molecular formula is C35H42N3NaO7S. The van der Waals surface area contributed by atoms with Crippen molar-refractivity contribution in [1.29, 1.82) is 0 Å². The van der Waals surface area contributed by atoms with Crippen molar-refractivity contribution in [3.8, 4) is 11.5 Å². The third-order valence-electron chi connectivity index (χ3n) is 9.40. The van der Waals surface area contributed by atoms with E-state index >= 15 is 0 Å². The van der Waals surface area contributed by atoms with Gasteiger partial charge in [0.05, 0.1) is 15.4 Å². The van der Waals surface area contributed by atoms with Crippen LogP contribution in [-0.2, 0) is 15.8 Å². The maximum Gasteiger partial charge on any atom is 1.00 e. The molecule has 0 fully saturated rings. The molecule has 4 heterocycles. The summed E-state index contributed by atoms with van der Waals surface area (Å²) in [5, 5.41) is 29.5. The van der Waals surface area contributed by atoms with Gasteiger partial charge in [0.2, 0.25) is 5.72 Å². The van der Waals surface area contributed by atoms with Gasteiger partial charge in [0.15, 0.2) is 5.96 Å². The Morgan fingerprint density at radius 2 is 1.68 bits per heavy atom. The van der Waals surface area contributed by atoms with Gasteiger partial charge in [0.25, 0.3) is 0 Å². The average Bonchev–Trinajstić information content (AvgIpc) is 3.04. The van der Waals surface area contributed by atoms with Crippen molar-refractivity contribution in [1.82, 2.24) is 0 Å². The number of nitrogens with zero attached hydrogens (tertiary/aromatic N) is 1. The van der Waals surface area contributed by atoms with Crippen LogP contribution in [0.15, 0.2) is 89.4 Å². The Balaban J connectivity index is 0.00000500. The largest absolute Gasteiger partial charge is 1.00 e. The molecule has 47 heavy (non-hydrogen) atoms. The fourth-order valence-electron chi connectivity index (χ4n) is 7.02. The number of hydrogen-bond donors (Lipinski definition) is 5. The summed E-state index contributed by atoms with van der Waals surface area (Å²) in [6, 6.07) is 21.0. The standard InChI is InChI=1S/C35H43N3O7S.Na/c1-2-22-21-32(46(42,43)44)31-20-26(33(41)25-6-13-28(40)14-7-25)10-17-30(31)24-4-11-27(12-5-24)35(18-3-19-39,38-34(36)37)45-29-15-8-23(22)9-16-29;/h4-9,11-16,20,22,30-33,39-41H,2-3,10,17-19,21H2,1H3,(H4,36,37,38)(H,42,43,44);/q;+1/p-1/t22-,30-,31+,32+,33-,35-;/m0./s1. The molecule has 246 valence electrons. The third kappa shape index (κ3) is 8.40. The Bertz CT molecular complexity index is 1660. The predicted molar refractivity (Wildman–Crippen MR) is 175 cm³/mol. The number of nitrogens with two attached hydrogens (primary N) is 2. The Hall–Kier alpha value is -2.90. The molecule has 0 unspecified atom stereocenters. The minimum atomic E-state index is -4.79. The second-order valence-corrected chi connectivity index (χ2v) is 13.9. The first-order chi connectivity index (χ1) is 21.9. The summed E-state index contributed by atoms with van der Waals surface area (Å²) in [6.45, 7) is 1.86. The molecule has 7 N–H and O–H groups in total. The first kappa shape index (κ1) is 36.9. The number of rotatable bonds is 8. The number of aliphatic hydroxyl groups excluding tert-OH is 2. The van der Waals surface area contributed by atoms with Crippen molar-refractivity contribution >= 4 is 16.1 Å². The van der Waals surface area contributed by atoms with Gasteiger partial charge >= 0.3 is 29.6 Å². The molecule has 1 aliphatic carbocycles. The summed E-state index contributed by atoms with van der Waals surface area (Å²) in [7, 11) is -4.79. The van der Waals surface area contributed by atoms with Gasteiger partial charge in [-0.15, -0.1) is 0 Å². The summed E-state index contributed by atoms with van der Waals surface area (Å²) in [5.41, 5.74) is 14.0. The van der Waals surface area contributed by atoms with Crippen molar-refractivity contribution in [3.05, 3.63) is 107 Å². The van der Waals surface area contributed by atoms with Gasteiger partial charge < -0.3 is 36.1 Å². The summed E-state index contributed by atoms with van der Waals surface area (Å²) < 4.78 is 45.9. The zero-order valence-corrected chi connectivity index (χ0v) is 29.6. The maximum atomic E-state index is 13.1. The molecule has 6 atom stereocenters. The van der Waals surface area contributed by atoms with Crippen LogP contribution in [0.3, 0.4) is 0 Å². The van der Waals surface area contributed by atoms with Crippen LogP contribution in [0.5, 0.6) is 11.5 Å². The van der Waals surface area contributed by atoms with Crippen LogP contribution < -0.4 is 45.8 Å². The second kappa shape index (κ2) is 15.5. The van der Waals surface area contributed by atoms with E-state index in [4.69, 9.17) is 16.2 Å². The predicted octanol–water partition coefficient (Wildman–Crippen LogP) is 1.64. The number of phenols is 1. The van der Waals surface area contributed by atoms with Crippen LogP contribution in [0.4, 0.5) is 0 Å². The van der Waals surface area contributed by atoms with Crippen LogP contribution in [0.25, 0.3) is 0 Å². The van der Waals surface area contributed by atoms with Crippen LogP contribution in [0.1, 0.15) is 85.6 Å². The number of phenolic OH excluding ortho intramolecular Hbond substituents is 1. The van der Waals surface area contributed by atoms with E-state index in [0.717, 1.165) is 11.1 Å². The van der Waals surface area contributed by atoms with Crippen LogP contribution in [-0.4, -0.2) is 46.1 Å². The summed E-state index contributed by atoms with van der Waals surface area (Å²) in [6.07, 6.45) is 3.10. The molecule has 4 bridgehead atoms. The van der Waals surface area contributed by atoms with E-state index in [1.54, 1.807) is 30.3 Å². The fraction of sp³-hybridized carbons (Fsp3) is 0.400. The molecule has 3 aromatic carbocycles. The molecule has 0 aromatic heterocycles. The summed E-state index contributed by atoms with van der Waals surface area (Å²) in [4.78, 5) is 4.53. The number of aliphatic hydroxyl groups is 2. The van der Waals surface area contributed by atoms with Crippen molar-refractivity contribution in [2.24, 2.45) is 22.4 Å². The molecule has 0 saturated carbocycles. The van der Waals surface area contributed by atoms with E-state index in [2.05, 4.69) is 4.99 Å². The Labute approximate surface area is 298 Å². The molecule has 0 spiro atoms. The van der Waals surface area contributed by atoms with Gasteiger partial charge in [-0.2, -0.15) is 0 Å². The van der Waals surface area contributed by atoms with Crippen molar-refractivity contribution in [2.75, 3.05) is 6.61 Å². The first-order valence-electron chi connectivity index (χ1n) is 15.7. The van der Waals surface area contributed by atoms with Crippen molar-refractivity contribution < 1.29 is 62.6 Å². The minimum Gasteiger partial charge on any atom is -0.748 e. The third-order valence-corrected chi connectivity index (χ3v) is 10.6. The molecule has 0 saturated heterocycles. The van der Waals surface area contributed by atoms with E-state index in [1.807, 2.05) is 43.3 Å². The summed E-state index contributed by atoms with van der Waals surface area (Å²) >= 11 is 0. The quantitative estimate of drug-likeness (QED) is 0.0779. The Morgan fingerprint density at radius 1 is 1.04 bits per heavy atom. The molecule has 8 rings (SSSR count). The number of aromatic hydroxyl groups is 1. The molecule has 12 heteroatoms. The smallest absolute Gasteiger partial charge is 0.748 e. The molecule has 10 nitrogen and oxygen atoms in total. The van der Waals surface area contributed by atoms with Crippen LogP contribution in [0, 0.1) is 5.92 Å². The molecule has 3 aromatic rings. The Morgan fingerprint density at radius 3 is 2.26 bits per heavy atom. The molecule has 4 aliphatic heterocycles. The zero-order valence-electron chi connectivity index (χ0n) is 26.8. The number of benzene rings is 3. The van der Waals surface area contributed by atoms with Gasteiger partial charge in [-0.25, -0.2) is 13.4 Å². The molecule has 0 amide bonds. The van der Waals surface area contributed by atoms with Gasteiger partial charge in [-0.3, -0.25) is 0 Å². The summed E-state index contributed by atoms with van der Waals surface area (Å²) in [5.74, 6) is -0.913. The SMILES string of the molecule is CC[C@H]1C[C@@H](S(=O)(=O)[O-])[C@@H]2C=C([C@@H](O)c3ccc(O)cc3)CC[C@H]2c2ccc(cc2)[C@@](CCCO)(N=C(N)N)Oc2ccc1cc2.[Na+]. The van der Waals surface area contributed by atoms with Gasteiger partial charge in [-0.1, -0.05) is 61.5 Å². The van der Waals surface area contributed by atoms with Gasteiger partial charge in [0.1, 0.15) is 17.6 Å². The number of allylic oxidation sites excluding steroid dienone is 1. The topological polar surface area (TPSA) is 192 Å². The van der Waals surface area contributed by atoms with Crippen molar-refractivity contribution in [3.63, 3.8) is 0 Å². The number of ether oxygens (including phenoxy) is 1. The van der Waals surface area contributed by atoms with E-state index in [1.165, 1.54) is 12.1 Å². The minimum absolute atomic E-state index is 0. The van der Waals surface area contributed by atoms with E-state index < -0.39 is 33.1 Å². The Kier molecular flexibility index (Phi) is 12.2. The van der Waals surface area contributed by atoms with Gasteiger partial charge in [-0.05, 0) is 96.4 Å². The maximum absolute atomic E-state index is 13.1. The van der Waals surface area contributed by atoms with E-state index in [0.29, 0.717) is 48.1 Å². The van der Waals surface area contributed by atoms with E-state index in [9.17, 15) is 28.3 Å². The number of guanidine groups is 1. The van der Waals surface area contributed by atoms with Crippen LogP contribution >= 0.6 is 0 Å². The van der Waals surface area contributed by atoms with Crippen molar-refractivity contribution in [2.45, 2.75) is 74.4 Å². The molecule has 0 radical (unpaired) electrons. The molecule has 5 aliphatic rings. The normalized spacial score (nSPS) is 24.8. The number of hydrogen-bond acceptors (Lipinski definition) is 8.